The van der Waals surface area contributed by atoms with Crippen molar-refractivity contribution in [3.05, 3.63) is 53.6 Å². The smallest absolute Gasteiger partial charge is 0.261 e. The van der Waals surface area contributed by atoms with Crippen LogP contribution in [0.2, 0.25) is 0 Å². The van der Waals surface area contributed by atoms with E-state index in [0.717, 1.165) is 63.1 Å². The fraction of sp³-hybridized carbons (Fsp3) is 0.480. The molecule has 4 rings (SSSR count). The van der Waals surface area contributed by atoms with Gasteiger partial charge in [-0.3, -0.25) is 9.52 Å². The Kier molecular flexibility index (Phi) is 7.24. The molecule has 8 heteroatoms. The maximum absolute atomic E-state index is 13.2. The molecule has 0 aromatic heterocycles. The van der Waals surface area contributed by atoms with Gasteiger partial charge >= 0.3 is 0 Å². The second-order valence-electron chi connectivity index (χ2n) is 9.25. The second kappa shape index (κ2) is 10.1. The highest BCUT2D eigenvalue weighted by atomic mass is 32.2. The van der Waals surface area contributed by atoms with Gasteiger partial charge in [-0.1, -0.05) is 38.8 Å². The molecule has 2 aromatic rings. The predicted octanol–water partition coefficient (Wildman–Crippen LogP) is 3.69. The lowest BCUT2D eigenvalue weighted by atomic mass is 10.0. The zero-order valence-corrected chi connectivity index (χ0v) is 20.2. The van der Waals surface area contributed by atoms with Gasteiger partial charge in [0.2, 0.25) is 0 Å². The summed E-state index contributed by atoms with van der Waals surface area (Å²) in [4.78, 5) is 15.6. The fourth-order valence-corrected chi connectivity index (χ4v) is 5.59. The van der Waals surface area contributed by atoms with Crippen molar-refractivity contribution in [2.75, 3.05) is 35.8 Å². The average molecular weight is 471 g/mol. The van der Waals surface area contributed by atoms with Crippen LogP contribution in [0.3, 0.4) is 0 Å². The van der Waals surface area contributed by atoms with E-state index in [1.54, 1.807) is 24.3 Å². The van der Waals surface area contributed by atoms with E-state index in [1.165, 1.54) is 0 Å². The van der Waals surface area contributed by atoms with Gasteiger partial charge in [0.1, 0.15) is 0 Å². The van der Waals surface area contributed by atoms with E-state index in [9.17, 15) is 13.2 Å². The van der Waals surface area contributed by atoms with Crippen LogP contribution in [-0.4, -0.2) is 46.5 Å². The minimum atomic E-state index is -3.76. The van der Waals surface area contributed by atoms with E-state index in [-0.39, 0.29) is 16.8 Å². The first-order valence-corrected chi connectivity index (χ1v) is 13.3. The summed E-state index contributed by atoms with van der Waals surface area (Å²) in [6, 6.07) is 12.4. The van der Waals surface area contributed by atoms with Crippen LogP contribution in [0, 0.1) is 0 Å². The van der Waals surface area contributed by atoms with E-state index >= 15 is 0 Å². The first-order chi connectivity index (χ1) is 15.8. The van der Waals surface area contributed by atoms with Crippen LogP contribution in [0.4, 0.5) is 11.4 Å². The molecule has 1 aliphatic heterocycles. The Balaban J connectivity index is 1.60. The molecule has 2 fully saturated rings. The highest BCUT2D eigenvalue weighted by molar-refractivity contribution is 7.92. The number of nitrogens with one attached hydrogen (secondary N) is 3. The van der Waals surface area contributed by atoms with Gasteiger partial charge in [-0.2, -0.15) is 0 Å². The molecule has 0 spiro atoms. The summed E-state index contributed by atoms with van der Waals surface area (Å²) in [6.07, 6.45) is 4.25. The van der Waals surface area contributed by atoms with Crippen molar-refractivity contribution >= 4 is 27.3 Å². The standard InChI is InChI=1S/C25H34N4O3S/c1-18(2)19-7-10-22(11-8-19)33(31,32)28-21-9-12-24(29-15-13-26-14-16-29)23(17-21)25(30)27-20-5-3-4-6-20/h7-12,17-18,20,26,28H,3-6,13-16H2,1-2H3,(H,27,30). The number of rotatable bonds is 7. The molecule has 0 atom stereocenters. The monoisotopic (exact) mass is 470 g/mol. The fourth-order valence-electron chi connectivity index (χ4n) is 4.54. The summed E-state index contributed by atoms with van der Waals surface area (Å²) in [5.74, 6) is 0.186. The lowest BCUT2D eigenvalue weighted by Gasteiger charge is -2.31. The van der Waals surface area contributed by atoms with Crippen molar-refractivity contribution in [1.29, 1.82) is 0 Å². The summed E-state index contributed by atoms with van der Waals surface area (Å²) in [5, 5.41) is 6.48. The number of benzene rings is 2. The van der Waals surface area contributed by atoms with Gasteiger partial charge in [0, 0.05) is 43.6 Å². The molecule has 1 aliphatic carbocycles. The molecule has 1 saturated heterocycles. The Hall–Kier alpha value is -2.58. The number of amides is 1. The normalized spacial score (nSPS) is 17.4. The first-order valence-electron chi connectivity index (χ1n) is 11.9. The van der Waals surface area contributed by atoms with Crippen LogP contribution >= 0.6 is 0 Å². The van der Waals surface area contributed by atoms with Crippen molar-refractivity contribution in [3.8, 4) is 0 Å². The van der Waals surface area contributed by atoms with E-state index < -0.39 is 10.0 Å². The summed E-state index contributed by atoms with van der Waals surface area (Å²) in [7, 11) is -3.76. The second-order valence-corrected chi connectivity index (χ2v) is 10.9. The number of hydrogen-bond donors (Lipinski definition) is 3. The molecular weight excluding hydrogens is 436 g/mol. The van der Waals surface area contributed by atoms with Crippen LogP contribution in [0.15, 0.2) is 47.4 Å². The van der Waals surface area contributed by atoms with Gasteiger partial charge in [-0.15, -0.1) is 0 Å². The van der Waals surface area contributed by atoms with E-state index in [1.807, 2.05) is 18.2 Å². The van der Waals surface area contributed by atoms with Crippen LogP contribution in [0.5, 0.6) is 0 Å². The third-order valence-electron chi connectivity index (χ3n) is 6.50. The van der Waals surface area contributed by atoms with Gasteiger partial charge in [0.25, 0.3) is 15.9 Å². The van der Waals surface area contributed by atoms with Gasteiger partial charge in [0.05, 0.1) is 10.5 Å². The van der Waals surface area contributed by atoms with Crippen LogP contribution in [-0.2, 0) is 10.0 Å². The number of carbonyl (C=O) groups excluding carboxylic acids is 1. The summed E-state index contributed by atoms with van der Waals surface area (Å²) in [6.45, 7) is 7.45. The number of hydrogen-bond acceptors (Lipinski definition) is 5. The maximum Gasteiger partial charge on any atom is 0.261 e. The quantitative estimate of drug-likeness (QED) is 0.574. The third kappa shape index (κ3) is 5.68. The van der Waals surface area contributed by atoms with Gasteiger partial charge in [-0.05, 0) is 54.7 Å². The molecule has 1 saturated carbocycles. The molecule has 1 amide bonds. The number of piperazine rings is 1. The van der Waals surface area contributed by atoms with Crippen LogP contribution < -0.4 is 20.3 Å². The van der Waals surface area contributed by atoms with Crippen LogP contribution in [0.1, 0.15) is 61.4 Å². The topological polar surface area (TPSA) is 90.5 Å². The van der Waals surface area contributed by atoms with Crippen molar-refractivity contribution in [1.82, 2.24) is 10.6 Å². The Morgan fingerprint density at radius 2 is 1.70 bits per heavy atom. The Bertz CT molecular complexity index is 1070. The van der Waals surface area contributed by atoms with Crippen molar-refractivity contribution in [3.63, 3.8) is 0 Å². The molecule has 0 unspecified atom stereocenters. The Morgan fingerprint density at radius 3 is 2.33 bits per heavy atom. The van der Waals surface area contributed by atoms with E-state index in [0.29, 0.717) is 17.2 Å². The summed E-state index contributed by atoms with van der Waals surface area (Å²) in [5.41, 5.74) is 2.83. The summed E-state index contributed by atoms with van der Waals surface area (Å²) < 4.78 is 28.7. The first kappa shape index (κ1) is 23.6. The Morgan fingerprint density at radius 1 is 1.03 bits per heavy atom. The molecule has 2 aliphatic rings. The van der Waals surface area contributed by atoms with Gasteiger partial charge in [-0.25, -0.2) is 8.42 Å². The number of nitrogens with zero attached hydrogens (tertiary/aromatic N) is 1. The Labute approximate surface area is 197 Å². The molecule has 2 aromatic carbocycles. The van der Waals surface area contributed by atoms with Crippen molar-refractivity contribution in [2.24, 2.45) is 0 Å². The van der Waals surface area contributed by atoms with Crippen molar-refractivity contribution < 1.29 is 13.2 Å². The zero-order chi connectivity index (χ0) is 23.4. The minimum absolute atomic E-state index is 0.141. The highest BCUT2D eigenvalue weighted by Crippen LogP contribution is 2.28. The van der Waals surface area contributed by atoms with Crippen LogP contribution in [0.25, 0.3) is 0 Å². The van der Waals surface area contributed by atoms with E-state index in [4.69, 9.17) is 0 Å². The largest absolute Gasteiger partial charge is 0.368 e. The zero-order valence-electron chi connectivity index (χ0n) is 19.4. The summed E-state index contributed by atoms with van der Waals surface area (Å²) >= 11 is 0. The molecule has 1 heterocycles. The number of sulfonamides is 1. The molecule has 7 nitrogen and oxygen atoms in total. The number of carbonyl (C=O) groups is 1. The third-order valence-corrected chi connectivity index (χ3v) is 7.90. The SMILES string of the molecule is CC(C)c1ccc(S(=O)(=O)Nc2ccc(N3CCNCC3)c(C(=O)NC3CCCC3)c2)cc1. The van der Waals surface area contributed by atoms with E-state index in [2.05, 4.69) is 34.1 Å². The molecule has 178 valence electrons. The molecule has 0 radical (unpaired) electrons. The predicted molar refractivity (Wildman–Crippen MR) is 133 cm³/mol. The minimum Gasteiger partial charge on any atom is -0.368 e. The molecule has 33 heavy (non-hydrogen) atoms. The lowest BCUT2D eigenvalue weighted by molar-refractivity contribution is 0.0938. The molecule has 0 bridgehead atoms. The molecular formula is C25H34N4O3S. The number of anilines is 2. The van der Waals surface area contributed by atoms with Gasteiger partial charge < -0.3 is 15.5 Å². The maximum atomic E-state index is 13.2. The lowest BCUT2D eigenvalue weighted by Crippen LogP contribution is -2.44. The van der Waals surface area contributed by atoms with Gasteiger partial charge in [0.15, 0.2) is 0 Å². The molecule has 3 N–H and O–H groups in total. The van der Waals surface area contributed by atoms with Crippen molar-refractivity contribution in [2.45, 2.75) is 56.4 Å². The average Bonchev–Trinajstić information content (AvgIpc) is 3.32. The highest BCUT2D eigenvalue weighted by Gasteiger charge is 2.24.